The van der Waals surface area contributed by atoms with Crippen LogP contribution >= 0.6 is 0 Å². The predicted molar refractivity (Wildman–Crippen MR) is 39.0 cm³/mol. The lowest BCUT2D eigenvalue weighted by atomic mass is 9.97. The number of nitrogens with two attached hydrogens (primary N) is 1. The largest absolute Gasteiger partial charge is 0.401 e. The van der Waals surface area contributed by atoms with E-state index in [1.807, 2.05) is 0 Å². The van der Waals surface area contributed by atoms with Gasteiger partial charge in [-0.15, -0.1) is 0 Å². The number of hydrogen-bond donors (Lipinski definition) is 2. The van der Waals surface area contributed by atoms with Crippen molar-refractivity contribution in [1.82, 2.24) is 5.32 Å². The molecule has 1 aliphatic rings. The van der Waals surface area contributed by atoms with Crippen LogP contribution in [0.25, 0.3) is 0 Å². The zero-order valence-electron chi connectivity index (χ0n) is 5.91. The minimum Gasteiger partial charge on any atom is -0.401 e. The fraction of sp³-hybridized carbons (Fsp3) is 0.714. The van der Waals surface area contributed by atoms with E-state index in [0.29, 0.717) is 0 Å². The summed E-state index contributed by atoms with van der Waals surface area (Å²) in [7, 11) is 0. The summed E-state index contributed by atoms with van der Waals surface area (Å²) >= 11 is 0. The van der Waals surface area contributed by atoms with Crippen molar-refractivity contribution in [2.24, 2.45) is 5.73 Å². The summed E-state index contributed by atoms with van der Waals surface area (Å²) in [5.41, 5.74) is 6.37. The monoisotopic (exact) mass is 126 g/mol. The molecule has 0 aromatic carbocycles. The van der Waals surface area contributed by atoms with E-state index >= 15 is 0 Å². The van der Waals surface area contributed by atoms with Crippen LogP contribution in [0, 0.1) is 0 Å². The first kappa shape index (κ1) is 6.62. The summed E-state index contributed by atoms with van der Waals surface area (Å²) in [6, 6.07) is 0. The van der Waals surface area contributed by atoms with Crippen molar-refractivity contribution < 1.29 is 0 Å². The fourth-order valence-corrected chi connectivity index (χ4v) is 1.17. The van der Waals surface area contributed by atoms with Crippen molar-refractivity contribution in [3.63, 3.8) is 0 Å². The lowest BCUT2D eigenvalue weighted by Crippen LogP contribution is -2.40. The Morgan fingerprint density at radius 1 is 1.78 bits per heavy atom. The summed E-state index contributed by atoms with van der Waals surface area (Å²) in [6.45, 7) is 6.90. The summed E-state index contributed by atoms with van der Waals surface area (Å²) in [4.78, 5) is 0. The summed E-state index contributed by atoms with van der Waals surface area (Å²) in [6.07, 6.45) is 2.34. The second-order valence-corrected chi connectivity index (χ2v) is 2.89. The van der Waals surface area contributed by atoms with Crippen molar-refractivity contribution in [2.45, 2.75) is 25.3 Å². The lowest BCUT2D eigenvalue weighted by Gasteiger charge is -2.23. The van der Waals surface area contributed by atoms with Crippen LogP contribution in [-0.2, 0) is 0 Å². The second kappa shape index (κ2) is 2.03. The van der Waals surface area contributed by atoms with E-state index in [-0.39, 0.29) is 5.54 Å². The van der Waals surface area contributed by atoms with Crippen molar-refractivity contribution in [2.75, 3.05) is 6.54 Å². The fourth-order valence-electron chi connectivity index (χ4n) is 1.17. The normalized spacial score (nSPS) is 34.8. The highest BCUT2D eigenvalue weighted by Gasteiger charge is 2.28. The Bertz CT molecular complexity index is 123. The average molecular weight is 126 g/mol. The molecule has 52 valence electrons. The molecule has 0 radical (unpaired) electrons. The maximum absolute atomic E-state index is 5.58. The standard InChI is InChI=1S/C7H14N2/c1-6(8)7(2)4-3-5-9-7/h9H,1,3-5,8H2,2H3/t7-/m1/s1. The van der Waals surface area contributed by atoms with Gasteiger partial charge in [0.2, 0.25) is 0 Å². The van der Waals surface area contributed by atoms with E-state index < -0.39 is 0 Å². The maximum Gasteiger partial charge on any atom is 0.0546 e. The smallest absolute Gasteiger partial charge is 0.0546 e. The highest BCUT2D eigenvalue weighted by Crippen LogP contribution is 2.21. The van der Waals surface area contributed by atoms with Crippen LogP contribution in [0.5, 0.6) is 0 Å². The van der Waals surface area contributed by atoms with Crippen LogP contribution in [0.4, 0.5) is 0 Å². The van der Waals surface area contributed by atoms with Crippen molar-refractivity contribution in [1.29, 1.82) is 0 Å². The molecule has 0 saturated carbocycles. The summed E-state index contributed by atoms with van der Waals surface area (Å²) < 4.78 is 0. The molecular weight excluding hydrogens is 112 g/mol. The topological polar surface area (TPSA) is 38.0 Å². The van der Waals surface area contributed by atoms with E-state index in [1.165, 1.54) is 6.42 Å². The molecule has 1 rings (SSSR count). The van der Waals surface area contributed by atoms with Crippen LogP contribution in [0.15, 0.2) is 12.3 Å². The quantitative estimate of drug-likeness (QED) is 0.540. The van der Waals surface area contributed by atoms with E-state index in [2.05, 4.69) is 18.8 Å². The van der Waals surface area contributed by atoms with Gasteiger partial charge in [0.1, 0.15) is 0 Å². The molecule has 1 atom stereocenters. The third kappa shape index (κ3) is 1.08. The van der Waals surface area contributed by atoms with Crippen LogP contribution in [-0.4, -0.2) is 12.1 Å². The molecule has 1 fully saturated rings. The molecule has 0 amide bonds. The van der Waals surface area contributed by atoms with Gasteiger partial charge >= 0.3 is 0 Å². The van der Waals surface area contributed by atoms with Gasteiger partial charge in [-0.1, -0.05) is 6.58 Å². The van der Waals surface area contributed by atoms with E-state index in [1.54, 1.807) is 0 Å². The molecule has 1 aliphatic heterocycles. The highest BCUT2D eigenvalue weighted by atomic mass is 15.0. The van der Waals surface area contributed by atoms with Gasteiger partial charge in [-0.05, 0) is 26.3 Å². The average Bonchev–Trinajstić information content (AvgIpc) is 2.16. The minimum atomic E-state index is 0.0278. The molecule has 3 N–H and O–H groups in total. The van der Waals surface area contributed by atoms with Gasteiger partial charge in [0.15, 0.2) is 0 Å². The van der Waals surface area contributed by atoms with Gasteiger partial charge in [-0.2, -0.15) is 0 Å². The first-order valence-electron chi connectivity index (χ1n) is 3.35. The van der Waals surface area contributed by atoms with Gasteiger partial charge in [-0.3, -0.25) is 0 Å². The van der Waals surface area contributed by atoms with Gasteiger partial charge in [0.25, 0.3) is 0 Å². The molecule has 0 unspecified atom stereocenters. The molecule has 0 aromatic heterocycles. The molecule has 1 heterocycles. The van der Waals surface area contributed by atoms with Crippen LogP contribution < -0.4 is 11.1 Å². The van der Waals surface area contributed by atoms with Crippen molar-refractivity contribution >= 4 is 0 Å². The highest BCUT2D eigenvalue weighted by molar-refractivity contribution is 5.12. The zero-order valence-corrected chi connectivity index (χ0v) is 5.91. The Morgan fingerprint density at radius 3 is 2.67 bits per heavy atom. The third-order valence-electron chi connectivity index (χ3n) is 2.08. The van der Waals surface area contributed by atoms with Crippen molar-refractivity contribution in [3.05, 3.63) is 12.3 Å². The molecular formula is C7H14N2. The molecule has 2 nitrogen and oxygen atoms in total. The second-order valence-electron chi connectivity index (χ2n) is 2.89. The first-order chi connectivity index (χ1) is 4.15. The molecule has 0 aromatic rings. The molecule has 0 bridgehead atoms. The Balaban J connectivity index is 2.61. The van der Waals surface area contributed by atoms with E-state index in [9.17, 15) is 0 Å². The lowest BCUT2D eigenvalue weighted by molar-refractivity contribution is 0.485. The van der Waals surface area contributed by atoms with E-state index in [0.717, 1.165) is 18.7 Å². The molecule has 1 saturated heterocycles. The van der Waals surface area contributed by atoms with Crippen molar-refractivity contribution in [3.8, 4) is 0 Å². The van der Waals surface area contributed by atoms with Gasteiger partial charge in [-0.25, -0.2) is 0 Å². The summed E-state index contributed by atoms with van der Waals surface area (Å²) in [5.74, 6) is 0. The number of rotatable bonds is 1. The third-order valence-corrected chi connectivity index (χ3v) is 2.08. The molecule has 0 spiro atoms. The summed E-state index contributed by atoms with van der Waals surface area (Å²) in [5, 5.41) is 3.31. The Labute approximate surface area is 56.1 Å². The SMILES string of the molecule is C=C(N)[C@@]1(C)CCCN1. The van der Waals surface area contributed by atoms with Crippen LogP contribution in [0.3, 0.4) is 0 Å². The van der Waals surface area contributed by atoms with Gasteiger partial charge in [0.05, 0.1) is 5.54 Å². The molecule has 2 heteroatoms. The van der Waals surface area contributed by atoms with E-state index in [4.69, 9.17) is 5.73 Å². The minimum absolute atomic E-state index is 0.0278. The first-order valence-corrected chi connectivity index (χ1v) is 3.35. The zero-order chi connectivity index (χ0) is 6.91. The molecule has 9 heavy (non-hydrogen) atoms. The van der Waals surface area contributed by atoms with Gasteiger partial charge in [0, 0.05) is 5.70 Å². The Hall–Kier alpha value is -0.500. The molecule has 0 aliphatic carbocycles. The predicted octanol–water partition coefficient (Wildman–Crippen LogP) is 0.601. The maximum atomic E-state index is 5.58. The number of nitrogens with one attached hydrogen (secondary N) is 1. The van der Waals surface area contributed by atoms with Crippen LogP contribution in [0.1, 0.15) is 19.8 Å². The number of hydrogen-bond acceptors (Lipinski definition) is 2. The Kier molecular flexibility index (Phi) is 1.49. The van der Waals surface area contributed by atoms with Gasteiger partial charge < -0.3 is 11.1 Å². The Morgan fingerprint density at radius 2 is 2.44 bits per heavy atom. The van der Waals surface area contributed by atoms with Crippen LogP contribution in [0.2, 0.25) is 0 Å².